The van der Waals surface area contributed by atoms with Crippen molar-refractivity contribution in [2.24, 2.45) is 0 Å². The van der Waals surface area contributed by atoms with Gasteiger partial charge in [-0.2, -0.15) is 0 Å². The molecule has 0 spiro atoms. The van der Waals surface area contributed by atoms with Crippen molar-refractivity contribution >= 4 is 62.7 Å². The number of benzene rings is 3. The standard InChI is InChI=1S/C27H27BrCl2N2O2S/c1-2-31-27(34)25(14-19-6-4-3-5-7-19)32(16-20-8-11-22(28)12-9-20)26(33)18-35-17-21-10-13-23(29)15-24(21)30/h3-13,15,25H,2,14,16-18H2,1H3,(H,31,34)/t25-/m1/s1. The number of rotatable bonds is 11. The van der Waals surface area contributed by atoms with E-state index >= 15 is 0 Å². The molecule has 0 radical (unpaired) electrons. The van der Waals surface area contributed by atoms with E-state index in [1.807, 2.05) is 67.6 Å². The molecule has 0 aromatic heterocycles. The normalized spacial score (nSPS) is 11.7. The van der Waals surface area contributed by atoms with Gasteiger partial charge in [-0.15, -0.1) is 11.8 Å². The topological polar surface area (TPSA) is 49.4 Å². The van der Waals surface area contributed by atoms with Crippen LogP contribution in [0.3, 0.4) is 0 Å². The molecule has 0 saturated heterocycles. The number of carbonyl (C=O) groups is 2. The van der Waals surface area contributed by atoms with Crippen molar-refractivity contribution in [2.45, 2.75) is 31.7 Å². The number of amides is 2. The summed E-state index contributed by atoms with van der Waals surface area (Å²) < 4.78 is 0.957. The second kappa shape index (κ2) is 13.9. The van der Waals surface area contributed by atoms with E-state index in [-0.39, 0.29) is 17.6 Å². The van der Waals surface area contributed by atoms with Crippen molar-refractivity contribution < 1.29 is 9.59 Å². The molecular weight excluding hydrogens is 567 g/mol. The predicted octanol–water partition coefficient (Wildman–Crippen LogP) is 6.77. The van der Waals surface area contributed by atoms with E-state index in [1.165, 1.54) is 11.8 Å². The first kappa shape index (κ1) is 27.6. The first-order valence-electron chi connectivity index (χ1n) is 11.2. The summed E-state index contributed by atoms with van der Waals surface area (Å²) in [4.78, 5) is 28.4. The fraction of sp³-hybridized carbons (Fsp3) is 0.259. The van der Waals surface area contributed by atoms with Gasteiger partial charge < -0.3 is 10.2 Å². The molecular formula is C27H27BrCl2N2O2S. The van der Waals surface area contributed by atoms with E-state index in [9.17, 15) is 9.59 Å². The Kier molecular flexibility index (Phi) is 11.0. The maximum absolute atomic E-state index is 13.5. The first-order chi connectivity index (χ1) is 16.9. The molecule has 3 aromatic rings. The molecule has 0 aliphatic rings. The fourth-order valence-corrected chi connectivity index (χ4v) is 5.34. The van der Waals surface area contributed by atoms with Crippen molar-refractivity contribution in [1.29, 1.82) is 0 Å². The van der Waals surface area contributed by atoms with Gasteiger partial charge in [0.1, 0.15) is 6.04 Å². The number of nitrogens with one attached hydrogen (secondary N) is 1. The number of hydrogen-bond acceptors (Lipinski definition) is 3. The number of hydrogen-bond donors (Lipinski definition) is 1. The van der Waals surface area contributed by atoms with Crippen LogP contribution in [0.25, 0.3) is 0 Å². The van der Waals surface area contributed by atoms with Gasteiger partial charge in [-0.3, -0.25) is 9.59 Å². The van der Waals surface area contributed by atoms with Gasteiger partial charge in [0.15, 0.2) is 0 Å². The summed E-state index contributed by atoms with van der Waals surface area (Å²) in [5.41, 5.74) is 2.87. The van der Waals surface area contributed by atoms with E-state index in [4.69, 9.17) is 23.2 Å². The molecule has 184 valence electrons. The van der Waals surface area contributed by atoms with Crippen molar-refractivity contribution in [3.63, 3.8) is 0 Å². The summed E-state index contributed by atoms with van der Waals surface area (Å²) in [6.45, 7) is 2.71. The molecule has 4 nitrogen and oxygen atoms in total. The van der Waals surface area contributed by atoms with Crippen molar-refractivity contribution in [1.82, 2.24) is 10.2 Å². The van der Waals surface area contributed by atoms with Gasteiger partial charge in [-0.25, -0.2) is 0 Å². The number of likely N-dealkylation sites (N-methyl/N-ethyl adjacent to an activating group) is 1. The Balaban J connectivity index is 1.82. The molecule has 3 rings (SSSR count). The zero-order valence-electron chi connectivity index (χ0n) is 19.3. The molecule has 3 aromatic carbocycles. The van der Waals surface area contributed by atoms with Crippen LogP contribution in [-0.2, 0) is 28.3 Å². The second-order valence-corrected chi connectivity index (χ2v) is 10.7. The average Bonchev–Trinajstić information content (AvgIpc) is 2.84. The van der Waals surface area contributed by atoms with Crippen LogP contribution in [0.5, 0.6) is 0 Å². The zero-order chi connectivity index (χ0) is 25.2. The number of halogens is 3. The van der Waals surface area contributed by atoms with Gasteiger partial charge in [0.25, 0.3) is 0 Å². The Labute approximate surface area is 229 Å². The minimum atomic E-state index is -0.631. The Morgan fingerprint density at radius 3 is 2.37 bits per heavy atom. The van der Waals surface area contributed by atoms with Crippen LogP contribution < -0.4 is 5.32 Å². The summed E-state index contributed by atoms with van der Waals surface area (Å²) >= 11 is 17.2. The molecule has 0 unspecified atom stereocenters. The molecule has 0 fully saturated rings. The Bertz CT molecular complexity index is 1130. The third-order valence-electron chi connectivity index (χ3n) is 5.39. The van der Waals surface area contributed by atoms with Crippen molar-refractivity contribution in [3.05, 3.63) is 104 Å². The summed E-state index contributed by atoms with van der Waals surface area (Å²) in [5.74, 6) is 0.529. The SMILES string of the molecule is CCNC(=O)[C@@H](Cc1ccccc1)N(Cc1ccc(Br)cc1)C(=O)CSCc1ccc(Cl)cc1Cl. The van der Waals surface area contributed by atoms with Crippen LogP contribution in [0.4, 0.5) is 0 Å². The molecule has 0 aliphatic heterocycles. The lowest BCUT2D eigenvalue weighted by atomic mass is 10.0. The summed E-state index contributed by atoms with van der Waals surface area (Å²) in [6.07, 6.45) is 0.433. The van der Waals surface area contributed by atoms with E-state index in [2.05, 4.69) is 21.2 Å². The zero-order valence-corrected chi connectivity index (χ0v) is 23.3. The maximum Gasteiger partial charge on any atom is 0.243 e. The van der Waals surface area contributed by atoms with Gasteiger partial charge in [0, 0.05) is 39.8 Å². The van der Waals surface area contributed by atoms with E-state index in [0.717, 1.165) is 21.2 Å². The molecule has 35 heavy (non-hydrogen) atoms. The highest BCUT2D eigenvalue weighted by molar-refractivity contribution is 9.10. The second-order valence-electron chi connectivity index (χ2n) is 7.98. The molecule has 0 bridgehead atoms. The van der Waals surface area contributed by atoms with Gasteiger partial charge in [-0.1, -0.05) is 87.7 Å². The average molecular weight is 594 g/mol. The lowest BCUT2D eigenvalue weighted by molar-refractivity contribution is -0.139. The molecule has 0 aliphatic carbocycles. The van der Waals surface area contributed by atoms with E-state index in [1.54, 1.807) is 17.0 Å². The van der Waals surface area contributed by atoms with Crippen LogP contribution in [0.15, 0.2) is 77.3 Å². The molecule has 0 saturated carbocycles. The third kappa shape index (κ3) is 8.57. The van der Waals surface area contributed by atoms with Crippen LogP contribution >= 0.6 is 50.9 Å². The van der Waals surface area contributed by atoms with Gasteiger partial charge in [0.05, 0.1) is 5.75 Å². The molecule has 2 amide bonds. The van der Waals surface area contributed by atoms with Crippen molar-refractivity contribution in [2.75, 3.05) is 12.3 Å². The third-order valence-corrected chi connectivity index (χ3v) is 7.47. The number of nitrogens with zero attached hydrogens (tertiary/aromatic N) is 1. The van der Waals surface area contributed by atoms with Crippen LogP contribution in [0, 0.1) is 0 Å². The molecule has 1 atom stereocenters. The van der Waals surface area contributed by atoms with E-state index < -0.39 is 6.04 Å². The number of thioether (sulfide) groups is 1. The monoisotopic (exact) mass is 592 g/mol. The first-order valence-corrected chi connectivity index (χ1v) is 13.9. The predicted molar refractivity (Wildman–Crippen MR) is 150 cm³/mol. The van der Waals surface area contributed by atoms with Gasteiger partial charge in [-0.05, 0) is 47.9 Å². The Hall–Kier alpha value is -1.99. The molecule has 8 heteroatoms. The largest absolute Gasteiger partial charge is 0.355 e. The van der Waals surface area contributed by atoms with Crippen LogP contribution in [0.2, 0.25) is 10.0 Å². The fourth-order valence-electron chi connectivity index (χ4n) is 3.60. The lowest BCUT2D eigenvalue weighted by Crippen LogP contribution is -2.51. The molecule has 1 N–H and O–H groups in total. The highest BCUT2D eigenvalue weighted by atomic mass is 79.9. The number of carbonyl (C=O) groups excluding carboxylic acids is 2. The smallest absolute Gasteiger partial charge is 0.243 e. The lowest BCUT2D eigenvalue weighted by Gasteiger charge is -2.31. The summed E-state index contributed by atoms with van der Waals surface area (Å²) in [6, 6.07) is 22.3. The van der Waals surface area contributed by atoms with Gasteiger partial charge >= 0.3 is 0 Å². The van der Waals surface area contributed by atoms with Gasteiger partial charge in [0.2, 0.25) is 11.8 Å². The van der Waals surface area contributed by atoms with Crippen LogP contribution in [0.1, 0.15) is 23.6 Å². The quantitative estimate of drug-likeness (QED) is 0.267. The minimum absolute atomic E-state index is 0.102. The van der Waals surface area contributed by atoms with E-state index in [0.29, 0.717) is 35.3 Å². The van der Waals surface area contributed by atoms with Crippen LogP contribution in [-0.4, -0.2) is 35.1 Å². The summed E-state index contributed by atoms with van der Waals surface area (Å²) in [5, 5.41) is 4.07. The highest BCUT2D eigenvalue weighted by Gasteiger charge is 2.30. The highest BCUT2D eigenvalue weighted by Crippen LogP contribution is 2.25. The Morgan fingerprint density at radius 1 is 1.00 bits per heavy atom. The molecule has 0 heterocycles. The maximum atomic E-state index is 13.5. The minimum Gasteiger partial charge on any atom is -0.355 e. The Morgan fingerprint density at radius 2 is 1.71 bits per heavy atom. The van der Waals surface area contributed by atoms with Crippen molar-refractivity contribution in [3.8, 4) is 0 Å². The summed E-state index contributed by atoms with van der Waals surface area (Å²) in [7, 11) is 0.